The van der Waals surface area contributed by atoms with E-state index in [1.54, 1.807) is 12.2 Å². The molecule has 1 heterocycles. The molecule has 1 fully saturated rings. The first-order valence-electron chi connectivity index (χ1n) is 6.54. The molecule has 0 unspecified atom stereocenters. The van der Waals surface area contributed by atoms with Gasteiger partial charge in [0.1, 0.15) is 11.2 Å². The number of hydrogen-bond acceptors (Lipinski definition) is 3. The number of hydrogen-bond donors (Lipinski definition) is 1. The predicted molar refractivity (Wildman–Crippen MR) is 69.4 cm³/mol. The van der Waals surface area contributed by atoms with E-state index in [9.17, 15) is 9.90 Å². The minimum absolute atomic E-state index is 0.0119. The molecule has 2 spiro atoms. The summed E-state index contributed by atoms with van der Waals surface area (Å²) in [6.07, 6.45) is 7.63. The molecule has 0 saturated heterocycles. The van der Waals surface area contributed by atoms with E-state index in [2.05, 4.69) is 6.07 Å². The number of aliphatic hydroxyl groups excluding tert-OH is 1. The quantitative estimate of drug-likeness (QED) is 0.831. The maximum absolute atomic E-state index is 11.3. The van der Waals surface area contributed by atoms with E-state index < -0.39 is 5.60 Å². The van der Waals surface area contributed by atoms with Gasteiger partial charge in [-0.3, -0.25) is 4.79 Å². The van der Waals surface area contributed by atoms with Crippen LogP contribution in [0.15, 0.2) is 48.6 Å². The number of carbonyl (C=O) groups is 1. The highest BCUT2D eigenvalue weighted by molar-refractivity contribution is 6.00. The molecule has 1 aliphatic heterocycles. The number of fused-ring (bicyclic) bond motifs is 3. The van der Waals surface area contributed by atoms with Crippen molar-refractivity contribution in [2.24, 2.45) is 5.92 Å². The third kappa shape index (κ3) is 1.32. The van der Waals surface area contributed by atoms with Gasteiger partial charge in [0.25, 0.3) is 0 Å². The summed E-state index contributed by atoms with van der Waals surface area (Å²) in [5.74, 6) is 0.148. The van der Waals surface area contributed by atoms with Gasteiger partial charge in [-0.1, -0.05) is 24.3 Å². The SMILES string of the molecule is O=C1C=CC2(C=C1)O[C@]1(C[C@@H]1CO)c1ccccc12. The molecule has 3 heteroatoms. The zero-order valence-corrected chi connectivity index (χ0v) is 10.4. The maximum atomic E-state index is 11.3. The van der Waals surface area contributed by atoms with Gasteiger partial charge in [0.2, 0.25) is 0 Å². The van der Waals surface area contributed by atoms with Gasteiger partial charge in [0.15, 0.2) is 5.78 Å². The second-order valence-corrected chi connectivity index (χ2v) is 5.48. The van der Waals surface area contributed by atoms with Crippen LogP contribution in [-0.4, -0.2) is 17.5 Å². The Labute approximate surface area is 111 Å². The van der Waals surface area contributed by atoms with Gasteiger partial charge in [-0.15, -0.1) is 0 Å². The summed E-state index contributed by atoms with van der Waals surface area (Å²) >= 11 is 0. The van der Waals surface area contributed by atoms with E-state index in [0.717, 1.165) is 17.5 Å². The molecule has 1 N–H and O–H groups in total. The molecule has 19 heavy (non-hydrogen) atoms. The molecule has 0 amide bonds. The van der Waals surface area contributed by atoms with E-state index in [1.807, 2.05) is 30.4 Å². The van der Waals surface area contributed by atoms with Gasteiger partial charge in [0, 0.05) is 12.5 Å². The Hall–Kier alpha value is -1.71. The molecule has 1 saturated carbocycles. The van der Waals surface area contributed by atoms with Gasteiger partial charge in [-0.2, -0.15) is 0 Å². The fraction of sp³-hybridized carbons (Fsp3) is 0.312. The van der Waals surface area contributed by atoms with Crippen LogP contribution < -0.4 is 0 Å². The van der Waals surface area contributed by atoms with Crippen molar-refractivity contribution in [1.29, 1.82) is 0 Å². The highest BCUT2D eigenvalue weighted by Gasteiger charge is 2.65. The minimum atomic E-state index is -0.631. The van der Waals surface area contributed by atoms with Crippen molar-refractivity contribution in [1.82, 2.24) is 0 Å². The molecular weight excluding hydrogens is 240 g/mol. The highest BCUT2D eigenvalue weighted by atomic mass is 16.5. The van der Waals surface area contributed by atoms with Crippen molar-refractivity contribution >= 4 is 5.78 Å². The summed E-state index contributed by atoms with van der Waals surface area (Å²) < 4.78 is 6.32. The summed E-state index contributed by atoms with van der Waals surface area (Å²) in [5, 5.41) is 9.42. The summed E-state index contributed by atoms with van der Waals surface area (Å²) in [6.45, 7) is 0.136. The van der Waals surface area contributed by atoms with Crippen LogP contribution in [0.2, 0.25) is 0 Å². The lowest BCUT2D eigenvalue weighted by Gasteiger charge is -2.25. The van der Waals surface area contributed by atoms with E-state index in [4.69, 9.17) is 4.74 Å². The maximum Gasteiger partial charge on any atom is 0.178 e. The topological polar surface area (TPSA) is 46.5 Å². The lowest BCUT2D eigenvalue weighted by atomic mass is 9.87. The Bertz CT molecular complexity index is 613. The van der Waals surface area contributed by atoms with Gasteiger partial charge in [0.05, 0.1) is 0 Å². The number of aliphatic hydroxyl groups is 1. The average Bonchev–Trinajstić information content (AvgIpc) is 3.08. The van der Waals surface area contributed by atoms with Crippen LogP contribution in [0.4, 0.5) is 0 Å². The van der Waals surface area contributed by atoms with E-state index >= 15 is 0 Å². The van der Waals surface area contributed by atoms with E-state index in [-0.39, 0.29) is 23.9 Å². The number of ketones is 1. The molecule has 1 aromatic carbocycles. The monoisotopic (exact) mass is 254 g/mol. The Morgan fingerprint density at radius 1 is 1.21 bits per heavy atom. The zero-order valence-electron chi connectivity index (χ0n) is 10.4. The molecule has 0 bridgehead atoms. The summed E-state index contributed by atoms with van der Waals surface area (Å²) in [6, 6.07) is 8.09. The molecule has 2 aliphatic carbocycles. The van der Waals surface area contributed by atoms with Crippen molar-refractivity contribution < 1.29 is 14.6 Å². The number of rotatable bonds is 1. The Morgan fingerprint density at radius 2 is 1.89 bits per heavy atom. The van der Waals surface area contributed by atoms with Crippen LogP contribution in [0.1, 0.15) is 17.5 Å². The Kier molecular flexibility index (Phi) is 2.02. The fourth-order valence-corrected chi connectivity index (χ4v) is 3.35. The second kappa shape index (κ2) is 3.44. The Morgan fingerprint density at radius 3 is 2.53 bits per heavy atom. The number of allylic oxidation sites excluding steroid dienone is 2. The van der Waals surface area contributed by atoms with Crippen LogP contribution >= 0.6 is 0 Å². The number of ether oxygens (including phenoxy) is 1. The summed E-state index contributed by atoms with van der Waals surface area (Å²) in [4.78, 5) is 11.3. The standard InChI is InChI=1S/C16H14O3/c17-10-11-9-16(11)14-4-2-1-3-13(14)15(19-16)7-5-12(18)6-8-15/h1-8,11,17H,9-10H2/t11-,16+/m1/s1. The third-order valence-corrected chi connectivity index (χ3v) is 4.41. The predicted octanol–water partition coefficient (Wildman–Crippen LogP) is 1.81. The minimum Gasteiger partial charge on any atom is -0.396 e. The lowest BCUT2D eigenvalue weighted by molar-refractivity contribution is -0.111. The fourth-order valence-electron chi connectivity index (χ4n) is 3.35. The third-order valence-electron chi connectivity index (χ3n) is 4.41. The first-order chi connectivity index (χ1) is 9.20. The van der Waals surface area contributed by atoms with Crippen molar-refractivity contribution in [3.8, 4) is 0 Å². The lowest BCUT2D eigenvalue weighted by Crippen LogP contribution is -2.25. The largest absolute Gasteiger partial charge is 0.396 e. The Balaban J connectivity index is 1.88. The number of carbonyl (C=O) groups excluding carboxylic acids is 1. The first-order valence-corrected chi connectivity index (χ1v) is 6.54. The van der Waals surface area contributed by atoms with E-state index in [0.29, 0.717) is 0 Å². The molecule has 1 aromatic rings. The van der Waals surface area contributed by atoms with Crippen molar-refractivity contribution in [2.75, 3.05) is 6.61 Å². The van der Waals surface area contributed by atoms with Crippen molar-refractivity contribution in [2.45, 2.75) is 17.6 Å². The molecule has 96 valence electrons. The zero-order chi connectivity index (χ0) is 13.1. The smallest absolute Gasteiger partial charge is 0.178 e. The normalized spacial score (nSPS) is 33.1. The molecule has 4 rings (SSSR count). The summed E-state index contributed by atoms with van der Waals surface area (Å²) in [5.41, 5.74) is 1.25. The molecule has 0 aromatic heterocycles. The molecule has 3 aliphatic rings. The molecule has 3 nitrogen and oxygen atoms in total. The molecular formula is C16H14O3. The van der Waals surface area contributed by atoms with Gasteiger partial charge < -0.3 is 9.84 Å². The highest BCUT2D eigenvalue weighted by Crippen LogP contribution is 2.64. The second-order valence-electron chi connectivity index (χ2n) is 5.48. The van der Waals surface area contributed by atoms with Crippen LogP contribution in [-0.2, 0) is 20.7 Å². The van der Waals surface area contributed by atoms with Crippen molar-refractivity contribution in [3.63, 3.8) is 0 Å². The van der Waals surface area contributed by atoms with Gasteiger partial charge in [-0.05, 0) is 41.9 Å². The van der Waals surface area contributed by atoms with Crippen LogP contribution in [0, 0.1) is 5.92 Å². The average molecular weight is 254 g/mol. The van der Waals surface area contributed by atoms with Gasteiger partial charge in [-0.25, -0.2) is 0 Å². The van der Waals surface area contributed by atoms with Crippen molar-refractivity contribution in [3.05, 3.63) is 59.7 Å². The van der Waals surface area contributed by atoms with Crippen LogP contribution in [0.5, 0.6) is 0 Å². The van der Waals surface area contributed by atoms with E-state index in [1.165, 1.54) is 0 Å². The van der Waals surface area contributed by atoms with Crippen LogP contribution in [0.3, 0.4) is 0 Å². The molecule has 0 radical (unpaired) electrons. The molecule has 2 atom stereocenters. The summed E-state index contributed by atoms with van der Waals surface area (Å²) in [7, 11) is 0. The first kappa shape index (κ1) is 11.1. The van der Waals surface area contributed by atoms with Gasteiger partial charge >= 0.3 is 0 Å². The number of benzene rings is 1. The van der Waals surface area contributed by atoms with Crippen LogP contribution in [0.25, 0.3) is 0 Å².